The maximum absolute atomic E-state index is 12.8. The monoisotopic (exact) mass is 486 g/mol. The van der Waals surface area contributed by atoms with Crippen molar-refractivity contribution in [1.29, 1.82) is 0 Å². The summed E-state index contributed by atoms with van der Waals surface area (Å²) in [7, 11) is -3.83. The Hall–Kier alpha value is -3.17. The summed E-state index contributed by atoms with van der Waals surface area (Å²) >= 11 is 12.0. The van der Waals surface area contributed by atoms with Crippen LogP contribution >= 0.6 is 23.2 Å². The number of carbonyl (C=O) groups excluding carboxylic acids is 1. The Balaban J connectivity index is 1.76. The maximum atomic E-state index is 12.8. The average Bonchev–Trinajstić information content (AvgIpc) is 3.19. The maximum Gasteiger partial charge on any atom is 0.346 e. The second-order valence-corrected chi connectivity index (χ2v) is 9.29. The Kier molecular flexibility index (Phi) is 6.03. The molecule has 0 saturated heterocycles. The Labute approximate surface area is 194 Å². The van der Waals surface area contributed by atoms with E-state index in [1.165, 1.54) is 16.8 Å². The van der Waals surface area contributed by atoms with Crippen LogP contribution < -0.4 is 10.5 Å². The fraction of sp³-hybridized carbons (Fsp3) is 0. The van der Waals surface area contributed by atoms with Crippen molar-refractivity contribution in [3.8, 4) is 22.4 Å². The predicted molar refractivity (Wildman–Crippen MR) is 125 cm³/mol. The van der Waals surface area contributed by atoms with Crippen LogP contribution in [0.5, 0.6) is 0 Å². The minimum atomic E-state index is -3.83. The van der Waals surface area contributed by atoms with E-state index in [0.717, 1.165) is 5.56 Å². The molecule has 3 N–H and O–H groups in total. The molecule has 0 aliphatic heterocycles. The molecule has 0 aliphatic rings. The molecule has 0 saturated carbocycles. The Morgan fingerprint density at radius 2 is 1.56 bits per heavy atom. The van der Waals surface area contributed by atoms with Crippen LogP contribution in [-0.2, 0) is 10.0 Å². The van der Waals surface area contributed by atoms with Gasteiger partial charge in [0.2, 0.25) is 10.0 Å². The zero-order valence-electron chi connectivity index (χ0n) is 16.4. The third-order valence-corrected chi connectivity index (χ3v) is 6.03. The number of halogens is 2. The van der Waals surface area contributed by atoms with Crippen molar-refractivity contribution in [2.45, 2.75) is 4.90 Å². The van der Waals surface area contributed by atoms with E-state index in [4.69, 9.17) is 28.3 Å². The zero-order chi connectivity index (χ0) is 22.9. The lowest BCUT2D eigenvalue weighted by Crippen LogP contribution is -2.19. The van der Waals surface area contributed by atoms with Gasteiger partial charge >= 0.3 is 6.03 Å². The number of carbonyl (C=O) groups is 1. The van der Waals surface area contributed by atoms with Crippen molar-refractivity contribution in [2.24, 2.45) is 5.14 Å². The normalized spacial score (nSPS) is 11.3. The highest BCUT2D eigenvalue weighted by atomic mass is 35.5. The van der Waals surface area contributed by atoms with Gasteiger partial charge in [-0.2, -0.15) is 9.78 Å². The number of sulfonamides is 1. The van der Waals surface area contributed by atoms with Crippen molar-refractivity contribution >= 4 is 44.9 Å². The molecule has 4 aromatic rings. The molecule has 4 rings (SSSR count). The highest BCUT2D eigenvalue weighted by Gasteiger charge is 2.18. The number of hydrogen-bond acceptors (Lipinski definition) is 4. The Morgan fingerprint density at radius 1 is 0.906 bits per heavy atom. The molecule has 1 aromatic heterocycles. The van der Waals surface area contributed by atoms with Gasteiger partial charge in [-0.3, -0.25) is 0 Å². The quantitative estimate of drug-likeness (QED) is 0.410. The van der Waals surface area contributed by atoms with Gasteiger partial charge in [-0.15, -0.1) is 0 Å². The van der Waals surface area contributed by atoms with Gasteiger partial charge in [-0.25, -0.2) is 18.4 Å². The van der Waals surface area contributed by atoms with Gasteiger partial charge in [0.1, 0.15) is 5.69 Å². The third kappa shape index (κ3) is 4.84. The lowest BCUT2D eigenvalue weighted by Gasteiger charge is -2.05. The van der Waals surface area contributed by atoms with E-state index in [2.05, 4.69) is 10.4 Å². The Bertz CT molecular complexity index is 1400. The van der Waals surface area contributed by atoms with E-state index in [9.17, 15) is 13.2 Å². The molecular formula is C22H16Cl2N4O3S. The number of anilines is 1. The van der Waals surface area contributed by atoms with Gasteiger partial charge in [0.05, 0.1) is 4.90 Å². The number of aromatic nitrogens is 2. The van der Waals surface area contributed by atoms with E-state index < -0.39 is 16.1 Å². The van der Waals surface area contributed by atoms with E-state index >= 15 is 0 Å². The number of primary sulfonamides is 1. The molecule has 1 heterocycles. The molecule has 0 spiro atoms. The highest BCUT2D eigenvalue weighted by Crippen LogP contribution is 2.32. The lowest BCUT2D eigenvalue weighted by atomic mass is 10.0. The van der Waals surface area contributed by atoms with Crippen LogP contribution in [-0.4, -0.2) is 24.2 Å². The van der Waals surface area contributed by atoms with Crippen molar-refractivity contribution in [3.05, 3.63) is 89.0 Å². The first-order chi connectivity index (χ1) is 15.2. The molecule has 0 unspecified atom stereocenters. The summed E-state index contributed by atoms with van der Waals surface area (Å²) in [6.45, 7) is 0. The van der Waals surface area contributed by atoms with Crippen molar-refractivity contribution < 1.29 is 13.2 Å². The first kappa shape index (κ1) is 22.0. The van der Waals surface area contributed by atoms with Gasteiger partial charge in [0, 0.05) is 33.1 Å². The molecule has 10 heteroatoms. The fourth-order valence-corrected chi connectivity index (χ4v) is 3.91. The second kappa shape index (κ2) is 8.76. The largest absolute Gasteiger partial charge is 0.346 e. The van der Waals surface area contributed by atoms with Crippen LogP contribution in [0.1, 0.15) is 0 Å². The van der Waals surface area contributed by atoms with Crippen molar-refractivity contribution in [2.75, 3.05) is 5.32 Å². The van der Waals surface area contributed by atoms with Crippen LogP contribution in [0.25, 0.3) is 22.4 Å². The smallest absolute Gasteiger partial charge is 0.306 e. The summed E-state index contributed by atoms with van der Waals surface area (Å²) in [6, 6.07) is 19.3. The average molecular weight is 487 g/mol. The Morgan fingerprint density at radius 3 is 2.19 bits per heavy atom. The molecular weight excluding hydrogens is 471 g/mol. The number of nitrogens with two attached hydrogens (primary N) is 1. The zero-order valence-corrected chi connectivity index (χ0v) is 18.7. The number of amides is 1. The van der Waals surface area contributed by atoms with Crippen LogP contribution in [0.2, 0.25) is 10.0 Å². The first-order valence-electron chi connectivity index (χ1n) is 9.26. The molecule has 3 aromatic carbocycles. The molecule has 0 radical (unpaired) electrons. The molecule has 0 fully saturated rings. The number of rotatable bonds is 4. The molecule has 32 heavy (non-hydrogen) atoms. The lowest BCUT2D eigenvalue weighted by molar-refractivity contribution is 0.251. The van der Waals surface area contributed by atoms with Crippen LogP contribution in [0, 0.1) is 0 Å². The summed E-state index contributed by atoms with van der Waals surface area (Å²) < 4.78 is 24.3. The minimum absolute atomic E-state index is 0.0209. The van der Waals surface area contributed by atoms with Crippen LogP contribution in [0.3, 0.4) is 0 Å². The number of nitrogens with zero attached hydrogens (tertiary/aromatic N) is 2. The van der Waals surface area contributed by atoms with E-state index in [0.29, 0.717) is 32.6 Å². The third-order valence-electron chi connectivity index (χ3n) is 4.61. The van der Waals surface area contributed by atoms with Crippen LogP contribution in [0.4, 0.5) is 10.5 Å². The van der Waals surface area contributed by atoms with Gasteiger partial charge in [0.25, 0.3) is 0 Å². The first-order valence-corrected chi connectivity index (χ1v) is 11.6. The van der Waals surface area contributed by atoms with E-state index in [1.54, 1.807) is 66.9 Å². The summed E-state index contributed by atoms with van der Waals surface area (Å²) in [5, 5.41) is 13.4. The molecule has 7 nitrogen and oxygen atoms in total. The molecule has 0 aliphatic carbocycles. The highest BCUT2D eigenvalue weighted by molar-refractivity contribution is 7.89. The summed E-state index contributed by atoms with van der Waals surface area (Å²) in [4.78, 5) is 12.8. The standard InChI is InChI=1S/C22H16Cl2N4O3S/c23-16-8-4-14(5-9-16)20-13-28(22(29)26-18-3-1-2-17(24)12-18)27-21(20)15-6-10-19(11-7-15)32(25,30)31/h1-13H,(H,26,29)(H2,25,30,31). The van der Waals surface area contributed by atoms with Gasteiger partial charge in [-0.1, -0.05) is 53.5 Å². The SMILES string of the molecule is NS(=O)(=O)c1ccc(-c2nn(C(=O)Nc3cccc(Cl)c3)cc2-c2ccc(Cl)cc2)cc1. The van der Waals surface area contributed by atoms with Crippen molar-refractivity contribution in [3.63, 3.8) is 0 Å². The number of nitrogens with one attached hydrogen (secondary N) is 1. The van der Waals surface area contributed by atoms with Crippen LogP contribution in [0.15, 0.2) is 83.9 Å². The minimum Gasteiger partial charge on any atom is -0.306 e. The van der Waals surface area contributed by atoms with Crippen molar-refractivity contribution in [1.82, 2.24) is 9.78 Å². The predicted octanol–water partition coefficient (Wildman–Crippen LogP) is 5.25. The van der Waals surface area contributed by atoms with E-state index in [1.807, 2.05) is 0 Å². The molecule has 1 amide bonds. The topological polar surface area (TPSA) is 107 Å². The summed E-state index contributed by atoms with van der Waals surface area (Å²) in [6.07, 6.45) is 1.59. The molecule has 0 bridgehead atoms. The van der Waals surface area contributed by atoms with Gasteiger partial charge < -0.3 is 5.32 Å². The molecule has 162 valence electrons. The number of hydrogen-bond donors (Lipinski definition) is 2. The van der Waals surface area contributed by atoms with E-state index in [-0.39, 0.29) is 4.90 Å². The van der Waals surface area contributed by atoms with Gasteiger partial charge in [0.15, 0.2) is 0 Å². The number of benzene rings is 3. The van der Waals surface area contributed by atoms with Gasteiger partial charge in [-0.05, 0) is 48.0 Å². The second-order valence-electron chi connectivity index (χ2n) is 6.85. The summed E-state index contributed by atoms with van der Waals surface area (Å²) in [5.41, 5.74) is 3.05. The fourth-order valence-electron chi connectivity index (χ4n) is 3.08. The molecule has 0 atom stereocenters. The summed E-state index contributed by atoms with van der Waals surface area (Å²) in [5.74, 6) is 0.